The maximum absolute atomic E-state index is 5.13. The Kier molecular flexibility index (Phi) is 4.39. The van der Waals surface area contributed by atoms with Gasteiger partial charge in [0, 0.05) is 26.6 Å². The zero-order valence-electron chi connectivity index (χ0n) is 10.9. The zero-order valence-corrected chi connectivity index (χ0v) is 12.5. The molecule has 19 heavy (non-hydrogen) atoms. The van der Waals surface area contributed by atoms with E-state index in [0.29, 0.717) is 24.1 Å². The molecule has 6 nitrogen and oxygen atoms in total. The normalized spacial score (nSPS) is 10.5. The molecule has 0 aliphatic carbocycles. The second-order valence-corrected chi connectivity index (χ2v) is 4.72. The predicted molar refractivity (Wildman–Crippen MR) is 75.8 cm³/mol. The summed E-state index contributed by atoms with van der Waals surface area (Å²) in [6.07, 6.45) is 3.48. The van der Waals surface area contributed by atoms with Crippen molar-refractivity contribution >= 4 is 21.7 Å². The Morgan fingerprint density at radius 2 is 1.89 bits per heavy atom. The first-order valence-electron chi connectivity index (χ1n) is 5.67. The van der Waals surface area contributed by atoms with Crippen molar-refractivity contribution in [3.8, 4) is 11.6 Å². The van der Waals surface area contributed by atoms with Crippen molar-refractivity contribution < 1.29 is 4.74 Å². The number of rotatable bonds is 4. The molecule has 0 bridgehead atoms. The molecular weight excluding hydrogens is 310 g/mol. The molecule has 0 fully saturated rings. The largest absolute Gasteiger partial charge is 0.378 e. The summed E-state index contributed by atoms with van der Waals surface area (Å²) in [5, 5.41) is 3.01. The molecule has 0 aliphatic heterocycles. The summed E-state index contributed by atoms with van der Waals surface area (Å²) >= 11 is 3.45. The van der Waals surface area contributed by atoms with Crippen LogP contribution in [0.3, 0.4) is 0 Å². The topological polar surface area (TPSA) is 72.8 Å². The Balaban J connectivity index is 2.51. The fraction of sp³-hybridized carbons (Fsp3) is 0.333. The minimum atomic E-state index is 0.386. The van der Waals surface area contributed by atoms with Gasteiger partial charge < -0.3 is 10.1 Å². The molecule has 1 N–H and O–H groups in total. The molecule has 0 atom stereocenters. The molecule has 0 saturated carbocycles. The van der Waals surface area contributed by atoms with Crippen molar-refractivity contribution in [2.75, 3.05) is 19.5 Å². The first-order valence-corrected chi connectivity index (χ1v) is 6.47. The lowest BCUT2D eigenvalue weighted by atomic mass is 10.3. The van der Waals surface area contributed by atoms with E-state index in [1.54, 1.807) is 26.6 Å². The Bertz CT molecular complexity index is 573. The molecule has 2 aromatic rings. The van der Waals surface area contributed by atoms with Gasteiger partial charge >= 0.3 is 0 Å². The van der Waals surface area contributed by atoms with Crippen LogP contribution in [0.1, 0.15) is 11.3 Å². The summed E-state index contributed by atoms with van der Waals surface area (Å²) < 4.78 is 5.91. The van der Waals surface area contributed by atoms with E-state index >= 15 is 0 Å². The van der Waals surface area contributed by atoms with E-state index in [9.17, 15) is 0 Å². The van der Waals surface area contributed by atoms with Crippen molar-refractivity contribution in [2.45, 2.75) is 13.5 Å². The second-order valence-electron chi connectivity index (χ2n) is 3.92. The van der Waals surface area contributed by atoms with Crippen molar-refractivity contribution in [3.63, 3.8) is 0 Å². The summed E-state index contributed by atoms with van der Waals surface area (Å²) in [6.45, 7) is 2.32. The molecule has 0 radical (unpaired) electrons. The smallest absolute Gasteiger partial charge is 0.200 e. The fourth-order valence-electron chi connectivity index (χ4n) is 1.50. The first kappa shape index (κ1) is 13.8. The van der Waals surface area contributed by atoms with Gasteiger partial charge in [-0.05, 0) is 28.4 Å². The highest BCUT2D eigenvalue weighted by atomic mass is 79.9. The number of methoxy groups -OCH3 is 1. The number of hydrogen-bond donors (Lipinski definition) is 1. The Morgan fingerprint density at radius 1 is 1.21 bits per heavy atom. The van der Waals surface area contributed by atoms with Gasteiger partial charge in [0.15, 0.2) is 11.6 Å². The van der Waals surface area contributed by atoms with Crippen LogP contribution in [0.15, 0.2) is 16.9 Å². The molecular formula is C12H14BrN5O. The third-order valence-corrected chi connectivity index (χ3v) is 3.25. The lowest BCUT2D eigenvalue weighted by Gasteiger charge is -2.09. The Labute approximate surface area is 119 Å². The van der Waals surface area contributed by atoms with E-state index in [1.807, 2.05) is 6.92 Å². The van der Waals surface area contributed by atoms with Gasteiger partial charge in [0.05, 0.1) is 16.8 Å². The number of nitrogens with zero attached hydrogens (tertiary/aromatic N) is 4. The molecule has 0 saturated heterocycles. The van der Waals surface area contributed by atoms with E-state index in [0.717, 1.165) is 15.7 Å². The average Bonchev–Trinajstić information content (AvgIpc) is 2.42. The second kappa shape index (κ2) is 6.03. The predicted octanol–water partition coefficient (Wildman–Crippen LogP) is 2.19. The van der Waals surface area contributed by atoms with Crippen molar-refractivity contribution in [3.05, 3.63) is 28.1 Å². The maximum Gasteiger partial charge on any atom is 0.200 e. The third-order valence-electron chi connectivity index (χ3n) is 2.42. The number of nitrogens with one attached hydrogen (secondary N) is 1. The SMILES string of the molecule is CNc1nc(-c2ncc(C)cn2)nc(COC)c1Br. The van der Waals surface area contributed by atoms with Crippen LogP contribution in [0.4, 0.5) is 5.82 Å². The third kappa shape index (κ3) is 3.05. The van der Waals surface area contributed by atoms with Gasteiger partial charge in [-0.1, -0.05) is 0 Å². The van der Waals surface area contributed by atoms with E-state index in [4.69, 9.17) is 4.74 Å². The van der Waals surface area contributed by atoms with Crippen LogP contribution >= 0.6 is 15.9 Å². The Morgan fingerprint density at radius 3 is 2.47 bits per heavy atom. The molecule has 0 aromatic carbocycles. The van der Waals surface area contributed by atoms with Gasteiger partial charge in [0.1, 0.15) is 5.82 Å². The van der Waals surface area contributed by atoms with Crippen LogP contribution in [-0.2, 0) is 11.3 Å². The van der Waals surface area contributed by atoms with E-state index < -0.39 is 0 Å². The molecule has 0 unspecified atom stereocenters. The minimum Gasteiger partial charge on any atom is -0.378 e. The number of halogens is 1. The average molecular weight is 324 g/mol. The molecule has 2 aromatic heterocycles. The number of aromatic nitrogens is 4. The van der Waals surface area contributed by atoms with E-state index in [1.165, 1.54) is 0 Å². The molecule has 2 heterocycles. The van der Waals surface area contributed by atoms with Gasteiger partial charge in [-0.2, -0.15) is 0 Å². The highest BCUT2D eigenvalue weighted by Crippen LogP contribution is 2.26. The highest BCUT2D eigenvalue weighted by molar-refractivity contribution is 9.10. The molecule has 2 rings (SSSR count). The molecule has 0 spiro atoms. The van der Waals surface area contributed by atoms with E-state index in [2.05, 4.69) is 41.2 Å². The van der Waals surface area contributed by atoms with Crippen LogP contribution < -0.4 is 5.32 Å². The first-order chi connectivity index (χ1) is 9.15. The van der Waals surface area contributed by atoms with Crippen molar-refractivity contribution in [1.29, 1.82) is 0 Å². The van der Waals surface area contributed by atoms with Gasteiger partial charge in [0.2, 0.25) is 0 Å². The lowest BCUT2D eigenvalue weighted by Crippen LogP contribution is -2.05. The summed E-state index contributed by atoms with van der Waals surface area (Å²) in [4.78, 5) is 17.3. The number of aryl methyl sites for hydroxylation is 1. The van der Waals surface area contributed by atoms with Crippen LogP contribution in [0.5, 0.6) is 0 Å². The Hall–Kier alpha value is -1.60. The van der Waals surface area contributed by atoms with Crippen LogP contribution in [0.25, 0.3) is 11.6 Å². The van der Waals surface area contributed by atoms with Crippen LogP contribution in [0.2, 0.25) is 0 Å². The highest BCUT2D eigenvalue weighted by Gasteiger charge is 2.14. The van der Waals surface area contributed by atoms with Crippen molar-refractivity contribution in [1.82, 2.24) is 19.9 Å². The number of anilines is 1. The number of hydrogen-bond acceptors (Lipinski definition) is 6. The molecule has 7 heteroatoms. The molecule has 100 valence electrons. The quantitative estimate of drug-likeness (QED) is 0.929. The fourth-order valence-corrected chi connectivity index (χ4v) is 1.99. The summed E-state index contributed by atoms with van der Waals surface area (Å²) in [5.41, 5.74) is 1.74. The minimum absolute atomic E-state index is 0.386. The van der Waals surface area contributed by atoms with Crippen LogP contribution in [-0.4, -0.2) is 34.1 Å². The van der Waals surface area contributed by atoms with Gasteiger partial charge in [-0.25, -0.2) is 19.9 Å². The lowest BCUT2D eigenvalue weighted by molar-refractivity contribution is 0.181. The van der Waals surface area contributed by atoms with Gasteiger partial charge in [-0.3, -0.25) is 0 Å². The summed E-state index contributed by atoms with van der Waals surface area (Å²) in [7, 11) is 3.42. The molecule has 0 amide bonds. The van der Waals surface area contributed by atoms with Crippen LogP contribution in [0, 0.1) is 6.92 Å². The van der Waals surface area contributed by atoms with Gasteiger partial charge in [0.25, 0.3) is 0 Å². The van der Waals surface area contributed by atoms with Gasteiger partial charge in [-0.15, -0.1) is 0 Å². The standard InChI is InChI=1S/C12H14BrN5O/c1-7-4-15-11(16-5-7)12-17-8(6-19-3)9(13)10(14-2)18-12/h4-5H,6H2,1-3H3,(H,14,17,18). The summed E-state index contributed by atoms with van der Waals surface area (Å²) in [6, 6.07) is 0. The number of ether oxygens (including phenoxy) is 1. The monoisotopic (exact) mass is 323 g/mol. The molecule has 0 aliphatic rings. The maximum atomic E-state index is 5.13. The van der Waals surface area contributed by atoms with Crippen molar-refractivity contribution in [2.24, 2.45) is 0 Å². The zero-order chi connectivity index (χ0) is 13.8. The van der Waals surface area contributed by atoms with E-state index in [-0.39, 0.29) is 0 Å². The summed E-state index contributed by atoms with van der Waals surface area (Å²) in [5.74, 6) is 1.65.